The summed E-state index contributed by atoms with van der Waals surface area (Å²) in [6.45, 7) is 5.49. The monoisotopic (exact) mass is 323 g/mol. The van der Waals surface area contributed by atoms with Crippen LogP contribution in [-0.4, -0.2) is 11.7 Å². The van der Waals surface area contributed by atoms with Gasteiger partial charge in [0.25, 0.3) is 0 Å². The molecule has 0 aliphatic heterocycles. The highest BCUT2D eigenvalue weighted by Crippen LogP contribution is 2.35. The summed E-state index contributed by atoms with van der Waals surface area (Å²) < 4.78 is 5.39. The van der Waals surface area contributed by atoms with Crippen molar-refractivity contribution in [3.63, 3.8) is 0 Å². The lowest BCUT2D eigenvalue weighted by Crippen LogP contribution is -2.27. The van der Waals surface area contributed by atoms with E-state index in [4.69, 9.17) is 16.2 Å². The number of anilines is 3. The average Bonchev–Trinajstić information content (AvgIpc) is 2.44. The minimum atomic E-state index is -0.570. The van der Waals surface area contributed by atoms with Gasteiger partial charge in [0.15, 0.2) is 0 Å². The Balaban J connectivity index is 2.19. The molecule has 0 fully saturated rings. The lowest BCUT2D eigenvalue weighted by Gasteiger charge is -2.21. The Kier molecular flexibility index (Phi) is 3.72. The molecule has 0 unspecified atom stereocenters. The fourth-order valence-electron chi connectivity index (χ4n) is 2.71. The molecule has 0 radical (unpaired) electrons. The van der Waals surface area contributed by atoms with Crippen molar-refractivity contribution in [2.45, 2.75) is 26.4 Å². The van der Waals surface area contributed by atoms with Gasteiger partial charge in [0.05, 0.1) is 5.69 Å². The smallest absolute Gasteiger partial charge is 0.412 e. The first-order chi connectivity index (χ1) is 11.2. The van der Waals surface area contributed by atoms with E-state index in [0.29, 0.717) is 17.1 Å². The van der Waals surface area contributed by atoms with E-state index in [2.05, 4.69) is 5.32 Å². The maximum atomic E-state index is 12.3. The molecular formula is C19H21N3O2. The van der Waals surface area contributed by atoms with Gasteiger partial charge in [-0.3, -0.25) is 5.32 Å². The molecule has 0 saturated heterocycles. The minimum absolute atomic E-state index is 0.495. The van der Waals surface area contributed by atoms with Crippen LogP contribution in [0.5, 0.6) is 0 Å². The number of amides is 1. The molecule has 5 N–H and O–H groups in total. The van der Waals surface area contributed by atoms with Crippen LogP contribution >= 0.6 is 0 Å². The zero-order valence-electron chi connectivity index (χ0n) is 14.0. The summed E-state index contributed by atoms with van der Waals surface area (Å²) >= 11 is 0. The number of hydrogen-bond acceptors (Lipinski definition) is 4. The van der Waals surface area contributed by atoms with Crippen molar-refractivity contribution in [2.75, 3.05) is 16.8 Å². The molecule has 0 saturated carbocycles. The molecule has 0 heterocycles. The zero-order valence-corrected chi connectivity index (χ0v) is 14.0. The standard InChI is InChI=1S/C19H21N3O2/c1-19(2,3)24-18(23)22-17-15-6-4-13(20)9-11(15)8-12-10-14(21)5-7-16(12)17/h4-10H,20-21H2,1-3H3,(H,22,23). The number of hydrogen-bond donors (Lipinski definition) is 3. The van der Waals surface area contributed by atoms with Crippen molar-refractivity contribution in [3.8, 4) is 0 Å². The van der Waals surface area contributed by atoms with E-state index in [1.165, 1.54) is 0 Å². The van der Waals surface area contributed by atoms with E-state index in [9.17, 15) is 4.79 Å². The molecule has 3 aromatic carbocycles. The number of carbonyl (C=O) groups is 1. The molecule has 0 aliphatic carbocycles. The fourth-order valence-corrected chi connectivity index (χ4v) is 2.71. The van der Waals surface area contributed by atoms with Gasteiger partial charge < -0.3 is 16.2 Å². The Labute approximate surface area is 140 Å². The Morgan fingerprint density at radius 3 is 1.88 bits per heavy atom. The first-order valence-electron chi connectivity index (χ1n) is 7.74. The van der Waals surface area contributed by atoms with Gasteiger partial charge in [-0.25, -0.2) is 4.79 Å². The van der Waals surface area contributed by atoms with Gasteiger partial charge in [-0.1, -0.05) is 12.1 Å². The summed E-state index contributed by atoms with van der Waals surface area (Å²) in [5.41, 5.74) is 13.2. The second-order valence-electron chi connectivity index (χ2n) is 6.84. The molecule has 0 aromatic heterocycles. The molecular weight excluding hydrogens is 302 g/mol. The summed E-state index contributed by atoms with van der Waals surface area (Å²) in [6, 6.07) is 13.2. The Morgan fingerprint density at radius 2 is 1.42 bits per heavy atom. The van der Waals surface area contributed by atoms with Crippen LogP contribution in [0.2, 0.25) is 0 Å². The highest BCUT2D eigenvalue weighted by molar-refractivity contribution is 6.15. The number of benzene rings is 3. The second kappa shape index (κ2) is 5.60. The van der Waals surface area contributed by atoms with Crippen LogP contribution in [0.25, 0.3) is 21.5 Å². The van der Waals surface area contributed by atoms with Crippen LogP contribution < -0.4 is 16.8 Å². The first-order valence-corrected chi connectivity index (χ1v) is 7.74. The number of carbonyl (C=O) groups excluding carboxylic acids is 1. The van der Waals surface area contributed by atoms with Crippen LogP contribution in [-0.2, 0) is 4.74 Å². The second-order valence-corrected chi connectivity index (χ2v) is 6.84. The number of fused-ring (bicyclic) bond motifs is 2. The topological polar surface area (TPSA) is 90.4 Å². The van der Waals surface area contributed by atoms with Gasteiger partial charge >= 0.3 is 6.09 Å². The van der Waals surface area contributed by atoms with Crippen LogP contribution in [0, 0.1) is 0 Å². The van der Waals surface area contributed by atoms with Gasteiger partial charge in [-0.2, -0.15) is 0 Å². The van der Waals surface area contributed by atoms with Crippen molar-refractivity contribution in [2.24, 2.45) is 0 Å². The quantitative estimate of drug-likeness (QED) is 0.454. The molecule has 24 heavy (non-hydrogen) atoms. The van der Waals surface area contributed by atoms with E-state index in [1.807, 2.05) is 63.2 Å². The molecule has 0 spiro atoms. The summed E-state index contributed by atoms with van der Waals surface area (Å²) in [5.74, 6) is 0. The predicted molar refractivity (Wildman–Crippen MR) is 100 cm³/mol. The maximum absolute atomic E-state index is 12.3. The summed E-state index contributed by atoms with van der Waals surface area (Å²) in [5, 5.41) is 6.53. The lowest BCUT2D eigenvalue weighted by molar-refractivity contribution is 0.0636. The summed E-state index contributed by atoms with van der Waals surface area (Å²) in [4.78, 5) is 12.3. The first kappa shape index (κ1) is 15.9. The van der Waals surface area contributed by atoms with Crippen LogP contribution in [0.1, 0.15) is 20.8 Å². The highest BCUT2D eigenvalue weighted by Gasteiger charge is 2.18. The SMILES string of the molecule is CC(C)(C)OC(=O)Nc1c2ccc(N)cc2cc2cc(N)ccc12. The van der Waals surface area contributed by atoms with Crippen LogP contribution in [0.15, 0.2) is 42.5 Å². The number of rotatable bonds is 1. The van der Waals surface area contributed by atoms with Crippen molar-refractivity contribution in [1.82, 2.24) is 0 Å². The predicted octanol–water partition coefficient (Wildman–Crippen LogP) is 4.50. The van der Waals surface area contributed by atoms with E-state index in [1.54, 1.807) is 0 Å². The number of nitrogens with one attached hydrogen (secondary N) is 1. The Hall–Kier alpha value is -2.95. The normalized spacial score (nSPS) is 11.6. The van der Waals surface area contributed by atoms with Gasteiger partial charge in [0.2, 0.25) is 0 Å². The third-order valence-electron chi connectivity index (χ3n) is 3.63. The van der Waals surface area contributed by atoms with Gasteiger partial charge in [0, 0.05) is 22.1 Å². The summed E-state index contributed by atoms with van der Waals surface area (Å²) in [6.07, 6.45) is -0.495. The maximum Gasteiger partial charge on any atom is 0.412 e. The molecule has 124 valence electrons. The fraction of sp³-hybridized carbons (Fsp3) is 0.211. The number of nitrogen functional groups attached to an aromatic ring is 2. The van der Waals surface area contributed by atoms with Gasteiger partial charge in [0.1, 0.15) is 5.60 Å². The van der Waals surface area contributed by atoms with Gasteiger partial charge in [-0.05, 0) is 61.9 Å². The Bertz CT molecular complexity index is 883. The van der Waals surface area contributed by atoms with E-state index < -0.39 is 11.7 Å². The average molecular weight is 323 g/mol. The third kappa shape index (κ3) is 3.20. The molecule has 0 atom stereocenters. The van der Waals surface area contributed by atoms with Crippen LogP contribution in [0.3, 0.4) is 0 Å². The molecule has 5 heteroatoms. The molecule has 5 nitrogen and oxygen atoms in total. The van der Waals surface area contributed by atoms with E-state index in [0.717, 1.165) is 21.5 Å². The number of nitrogens with two attached hydrogens (primary N) is 2. The van der Waals surface area contributed by atoms with Crippen molar-refractivity contribution in [1.29, 1.82) is 0 Å². The van der Waals surface area contributed by atoms with E-state index >= 15 is 0 Å². The van der Waals surface area contributed by atoms with Crippen molar-refractivity contribution >= 4 is 44.7 Å². The lowest BCUT2D eigenvalue weighted by atomic mass is 10.00. The van der Waals surface area contributed by atoms with Gasteiger partial charge in [-0.15, -0.1) is 0 Å². The molecule has 3 rings (SSSR count). The minimum Gasteiger partial charge on any atom is -0.444 e. The highest BCUT2D eigenvalue weighted by atomic mass is 16.6. The van der Waals surface area contributed by atoms with Crippen molar-refractivity contribution in [3.05, 3.63) is 42.5 Å². The zero-order chi connectivity index (χ0) is 17.5. The Morgan fingerprint density at radius 1 is 0.917 bits per heavy atom. The van der Waals surface area contributed by atoms with E-state index in [-0.39, 0.29) is 0 Å². The largest absolute Gasteiger partial charge is 0.444 e. The molecule has 1 amide bonds. The van der Waals surface area contributed by atoms with Crippen molar-refractivity contribution < 1.29 is 9.53 Å². The molecule has 3 aromatic rings. The third-order valence-corrected chi connectivity index (χ3v) is 3.63. The molecule has 0 bridgehead atoms. The number of ether oxygens (including phenoxy) is 1. The van der Waals surface area contributed by atoms with Crippen LogP contribution in [0.4, 0.5) is 21.9 Å². The summed E-state index contributed by atoms with van der Waals surface area (Å²) in [7, 11) is 0. The molecule has 0 aliphatic rings.